The highest BCUT2D eigenvalue weighted by atomic mass is 35.5. The van der Waals surface area contributed by atoms with Crippen LogP contribution in [0.15, 0.2) is 24.7 Å². The predicted octanol–water partition coefficient (Wildman–Crippen LogP) is 3.07. The Kier molecular flexibility index (Phi) is 5.14. The summed E-state index contributed by atoms with van der Waals surface area (Å²) in [5, 5.41) is 11.7. The number of hydrogen-bond acceptors (Lipinski definition) is 8. The maximum absolute atomic E-state index is 12.8. The number of methoxy groups -OCH3 is 1. The van der Waals surface area contributed by atoms with E-state index < -0.39 is 0 Å². The minimum Gasteiger partial charge on any atom is -0.493 e. The monoisotopic (exact) mass is 412 g/mol. The summed E-state index contributed by atoms with van der Waals surface area (Å²) in [4.78, 5) is 25.0. The van der Waals surface area contributed by atoms with E-state index in [0.29, 0.717) is 38.6 Å². The van der Waals surface area contributed by atoms with Crippen molar-refractivity contribution < 1.29 is 9.53 Å². The van der Waals surface area contributed by atoms with Crippen LogP contribution in [0.5, 0.6) is 5.75 Å². The summed E-state index contributed by atoms with van der Waals surface area (Å²) in [6.07, 6.45) is 6.74. The van der Waals surface area contributed by atoms with E-state index in [9.17, 15) is 4.79 Å². The molecule has 3 heterocycles. The van der Waals surface area contributed by atoms with Crippen molar-refractivity contribution in [3.8, 4) is 28.8 Å². The third-order valence-corrected chi connectivity index (χ3v) is 4.81. The average molecular weight is 413 g/mol. The molecular weight excluding hydrogens is 400 g/mol. The Morgan fingerprint density at radius 1 is 1.36 bits per heavy atom. The minimum atomic E-state index is -0.382. The Morgan fingerprint density at radius 2 is 2.21 bits per heavy atom. The fourth-order valence-corrected chi connectivity index (χ4v) is 3.09. The highest BCUT2D eigenvalue weighted by molar-refractivity contribution is 7.15. The van der Waals surface area contributed by atoms with Crippen molar-refractivity contribution in [1.82, 2.24) is 25.1 Å². The van der Waals surface area contributed by atoms with E-state index in [2.05, 4.69) is 42.3 Å². The Bertz CT molecular complexity index is 1100. The van der Waals surface area contributed by atoms with Gasteiger partial charge in [-0.2, -0.15) is 0 Å². The molecule has 3 aromatic rings. The zero-order valence-corrected chi connectivity index (χ0v) is 16.2. The van der Waals surface area contributed by atoms with E-state index >= 15 is 0 Å². The molecular formula is C18H13ClN6O2S. The highest BCUT2D eigenvalue weighted by Crippen LogP contribution is 2.31. The number of halogens is 1. The first-order chi connectivity index (χ1) is 13.6. The first-order valence-electron chi connectivity index (χ1n) is 8.31. The van der Waals surface area contributed by atoms with Crippen LogP contribution in [0.1, 0.15) is 28.2 Å². The lowest BCUT2D eigenvalue weighted by Crippen LogP contribution is -2.13. The minimum absolute atomic E-state index is 0.0361. The second-order valence-electron chi connectivity index (χ2n) is 5.89. The van der Waals surface area contributed by atoms with Crippen LogP contribution in [0.2, 0.25) is 5.28 Å². The number of anilines is 1. The zero-order valence-electron chi connectivity index (χ0n) is 14.6. The van der Waals surface area contributed by atoms with Crippen molar-refractivity contribution in [3.63, 3.8) is 0 Å². The zero-order chi connectivity index (χ0) is 19.5. The molecule has 0 saturated heterocycles. The van der Waals surface area contributed by atoms with Crippen molar-refractivity contribution in [3.05, 3.63) is 40.5 Å². The van der Waals surface area contributed by atoms with Crippen molar-refractivity contribution >= 4 is 34.0 Å². The largest absolute Gasteiger partial charge is 0.493 e. The molecule has 10 heteroatoms. The van der Waals surface area contributed by atoms with Crippen molar-refractivity contribution in [2.24, 2.45) is 5.92 Å². The molecule has 1 aliphatic rings. The maximum Gasteiger partial charge on any atom is 0.258 e. The van der Waals surface area contributed by atoms with Crippen molar-refractivity contribution in [1.29, 1.82) is 0 Å². The van der Waals surface area contributed by atoms with Gasteiger partial charge in [0.2, 0.25) is 10.4 Å². The van der Waals surface area contributed by atoms with Gasteiger partial charge in [-0.1, -0.05) is 17.3 Å². The molecule has 0 aromatic carbocycles. The summed E-state index contributed by atoms with van der Waals surface area (Å²) in [5.74, 6) is 6.56. The number of pyridine rings is 1. The standard InChI is InChI=1S/C18H13ClN6O2S/c1-27-13-9-21-17(19)22-15(13)12-8-20-7-6-11(12)16(26)23-18-25-24-14(28-18)5-4-10-2-3-10/h6-10H,2-3H2,1H3,(H,23,25,26). The lowest BCUT2D eigenvalue weighted by molar-refractivity contribution is 0.102. The average Bonchev–Trinajstić information content (AvgIpc) is 3.44. The molecule has 0 radical (unpaired) electrons. The van der Waals surface area contributed by atoms with Crippen LogP contribution >= 0.6 is 22.9 Å². The van der Waals surface area contributed by atoms with Crippen LogP contribution in [0.3, 0.4) is 0 Å². The fourth-order valence-electron chi connectivity index (χ4n) is 2.35. The molecule has 0 atom stereocenters. The highest BCUT2D eigenvalue weighted by Gasteiger charge is 2.20. The molecule has 0 aliphatic heterocycles. The molecule has 3 aromatic heterocycles. The summed E-state index contributed by atoms with van der Waals surface area (Å²) >= 11 is 7.14. The summed E-state index contributed by atoms with van der Waals surface area (Å²) in [5.41, 5.74) is 1.16. The first kappa shape index (κ1) is 18.3. The number of carbonyl (C=O) groups is 1. The molecule has 1 saturated carbocycles. The molecule has 0 bridgehead atoms. The molecule has 1 fully saturated rings. The van der Waals surface area contributed by atoms with Gasteiger partial charge >= 0.3 is 0 Å². The third kappa shape index (κ3) is 4.08. The molecule has 1 aliphatic carbocycles. The molecule has 1 amide bonds. The lowest BCUT2D eigenvalue weighted by Gasteiger charge is -2.11. The Morgan fingerprint density at radius 3 is 3.00 bits per heavy atom. The quantitative estimate of drug-likeness (QED) is 0.518. The number of ether oxygens (including phenoxy) is 1. The van der Waals surface area contributed by atoms with Crippen LogP contribution in [-0.2, 0) is 0 Å². The van der Waals surface area contributed by atoms with Gasteiger partial charge in [0.1, 0.15) is 5.69 Å². The lowest BCUT2D eigenvalue weighted by atomic mass is 10.1. The number of rotatable bonds is 4. The molecule has 8 nitrogen and oxygen atoms in total. The first-order valence-corrected chi connectivity index (χ1v) is 9.51. The predicted molar refractivity (Wildman–Crippen MR) is 104 cm³/mol. The van der Waals surface area contributed by atoms with Crippen LogP contribution in [-0.4, -0.2) is 38.2 Å². The summed E-state index contributed by atoms with van der Waals surface area (Å²) in [7, 11) is 1.48. The van der Waals surface area contributed by atoms with Crippen LogP contribution in [0.4, 0.5) is 5.13 Å². The van der Waals surface area contributed by atoms with Gasteiger partial charge in [0.25, 0.3) is 5.91 Å². The van der Waals surface area contributed by atoms with Gasteiger partial charge in [-0.15, -0.1) is 10.2 Å². The second-order valence-corrected chi connectivity index (χ2v) is 7.20. The van der Waals surface area contributed by atoms with Crippen molar-refractivity contribution in [2.45, 2.75) is 12.8 Å². The summed E-state index contributed by atoms with van der Waals surface area (Å²) in [6, 6.07) is 1.58. The summed E-state index contributed by atoms with van der Waals surface area (Å²) in [6.45, 7) is 0. The molecule has 0 spiro atoms. The van der Waals surface area contributed by atoms with Gasteiger partial charge in [-0.25, -0.2) is 9.97 Å². The molecule has 1 N–H and O–H groups in total. The third-order valence-electron chi connectivity index (χ3n) is 3.87. The van der Waals surface area contributed by atoms with Gasteiger partial charge in [-0.3, -0.25) is 15.1 Å². The van der Waals surface area contributed by atoms with E-state index in [4.69, 9.17) is 16.3 Å². The number of amides is 1. The molecule has 28 heavy (non-hydrogen) atoms. The smallest absolute Gasteiger partial charge is 0.258 e. The van der Waals surface area contributed by atoms with Gasteiger partial charge in [0, 0.05) is 23.9 Å². The van der Waals surface area contributed by atoms with Gasteiger partial charge in [-0.05, 0) is 36.4 Å². The van der Waals surface area contributed by atoms with E-state index in [1.165, 1.54) is 37.0 Å². The Hall–Kier alpha value is -3.09. The Labute approximate surface area is 169 Å². The summed E-state index contributed by atoms with van der Waals surface area (Å²) < 4.78 is 5.28. The number of hydrogen-bond donors (Lipinski definition) is 1. The number of aromatic nitrogens is 5. The fraction of sp³-hybridized carbons (Fsp3) is 0.222. The van der Waals surface area contributed by atoms with E-state index in [1.807, 2.05) is 0 Å². The van der Waals surface area contributed by atoms with E-state index in [1.54, 1.807) is 6.07 Å². The van der Waals surface area contributed by atoms with Gasteiger partial charge < -0.3 is 4.74 Å². The van der Waals surface area contributed by atoms with Crippen LogP contribution in [0.25, 0.3) is 11.3 Å². The second kappa shape index (κ2) is 7.88. The SMILES string of the molecule is COc1cnc(Cl)nc1-c1cnccc1C(=O)Nc1nnc(C#CC2CC2)s1. The van der Waals surface area contributed by atoms with Gasteiger partial charge in [0.15, 0.2) is 10.8 Å². The van der Waals surface area contributed by atoms with Gasteiger partial charge in [0.05, 0.1) is 18.9 Å². The van der Waals surface area contributed by atoms with E-state index in [-0.39, 0.29) is 11.2 Å². The van der Waals surface area contributed by atoms with Crippen LogP contribution < -0.4 is 10.1 Å². The molecule has 0 unspecified atom stereocenters. The maximum atomic E-state index is 12.8. The number of nitrogens with one attached hydrogen (secondary N) is 1. The Balaban J connectivity index is 1.61. The molecule has 140 valence electrons. The normalized spacial score (nSPS) is 12.8. The molecule has 4 rings (SSSR count). The topological polar surface area (TPSA) is 103 Å². The van der Waals surface area contributed by atoms with Crippen molar-refractivity contribution in [2.75, 3.05) is 12.4 Å². The number of carbonyl (C=O) groups excluding carboxylic acids is 1. The van der Waals surface area contributed by atoms with E-state index in [0.717, 1.165) is 12.8 Å². The van der Waals surface area contributed by atoms with Crippen LogP contribution in [0, 0.1) is 17.8 Å². The number of nitrogens with zero attached hydrogens (tertiary/aromatic N) is 5.